The van der Waals surface area contributed by atoms with Crippen molar-refractivity contribution >= 4 is 46.5 Å². The van der Waals surface area contributed by atoms with Crippen LogP contribution in [0.1, 0.15) is 33.1 Å². The molecule has 0 saturated carbocycles. The van der Waals surface area contributed by atoms with Crippen LogP contribution in [0.4, 0.5) is 17.3 Å². The van der Waals surface area contributed by atoms with Crippen LogP contribution in [0.3, 0.4) is 0 Å². The Kier molecular flexibility index (Phi) is 8.79. The number of nitrogens with one attached hydrogen (secondary N) is 2. The monoisotopic (exact) mass is 468 g/mol. The molecule has 0 spiro atoms. The molecule has 2 heterocycles. The summed E-state index contributed by atoms with van der Waals surface area (Å²) in [4.78, 5) is 31.0. The average molecular weight is 469 g/mol. The van der Waals surface area contributed by atoms with Gasteiger partial charge in [-0.25, -0.2) is 15.0 Å². The highest BCUT2D eigenvalue weighted by molar-refractivity contribution is 7.99. The van der Waals surface area contributed by atoms with Gasteiger partial charge in [-0.05, 0) is 63.0 Å². The maximum Gasteiger partial charge on any atom is 0.224 e. The lowest BCUT2D eigenvalue weighted by Gasteiger charge is -2.22. The molecule has 1 aliphatic heterocycles. The zero-order valence-corrected chi connectivity index (χ0v) is 20.3. The summed E-state index contributed by atoms with van der Waals surface area (Å²) in [7, 11) is 2.13. The first-order chi connectivity index (χ1) is 15.8. The lowest BCUT2D eigenvalue weighted by molar-refractivity contribution is -0.115. The highest BCUT2D eigenvalue weighted by atomic mass is 32.2. The molecule has 9 nitrogen and oxygen atoms in total. The van der Waals surface area contributed by atoms with Gasteiger partial charge >= 0.3 is 0 Å². The molecule has 1 fully saturated rings. The van der Waals surface area contributed by atoms with Crippen LogP contribution in [0.5, 0.6) is 0 Å². The number of aliphatic imine (C=N–C) groups is 1. The van der Waals surface area contributed by atoms with Crippen molar-refractivity contribution in [2.75, 3.05) is 43.4 Å². The molecule has 0 bridgehead atoms. The fourth-order valence-corrected chi connectivity index (χ4v) is 4.12. The van der Waals surface area contributed by atoms with E-state index in [4.69, 9.17) is 16.1 Å². The maximum absolute atomic E-state index is 11.6. The Hall–Kier alpha value is -2.98. The summed E-state index contributed by atoms with van der Waals surface area (Å²) >= 11 is 1.44. The Morgan fingerprint density at radius 3 is 2.67 bits per heavy atom. The highest BCUT2D eigenvalue weighted by Crippen LogP contribution is 2.30. The molecule has 0 aliphatic carbocycles. The highest BCUT2D eigenvalue weighted by Gasteiger charge is 2.16. The van der Waals surface area contributed by atoms with Crippen LogP contribution in [0, 0.1) is 5.41 Å². The fourth-order valence-electron chi connectivity index (χ4n) is 3.36. The van der Waals surface area contributed by atoms with Crippen molar-refractivity contribution < 1.29 is 4.79 Å². The van der Waals surface area contributed by atoms with Crippen molar-refractivity contribution in [2.24, 2.45) is 10.7 Å². The van der Waals surface area contributed by atoms with Gasteiger partial charge in [-0.1, -0.05) is 6.92 Å². The summed E-state index contributed by atoms with van der Waals surface area (Å²) in [5.41, 5.74) is 7.24. The molecule has 10 heteroatoms. The van der Waals surface area contributed by atoms with Crippen molar-refractivity contribution in [3.63, 3.8) is 0 Å². The van der Waals surface area contributed by atoms with E-state index >= 15 is 0 Å². The molecule has 4 N–H and O–H groups in total. The van der Waals surface area contributed by atoms with Crippen molar-refractivity contribution in [3.05, 3.63) is 30.3 Å². The van der Waals surface area contributed by atoms with E-state index in [-0.39, 0.29) is 5.91 Å². The average Bonchev–Trinajstić information content (AvgIpc) is 2.98. The number of likely N-dealkylation sites (N-methyl/N-ethyl adjacent to an activating group) is 1. The SMILES string of the molecule is CCC(=O)Nc1ccc(Sc2nc(N=C(N)CC(C)=N)cc(N3CCCN(C)CC3)n2)cc1. The molecule has 1 aromatic carbocycles. The van der Waals surface area contributed by atoms with Gasteiger partial charge < -0.3 is 26.3 Å². The van der Waals surface area contributed by atoms with Crippen molar-refractivity contribution in [1.29, 1.82) is 5.41 Å². The zero-order valence-electron chi connectivity index (χ0n) is 19.5. The third kappa shape index (κ3) is 7.83. The molecule has 176 valence electrons. The normalized spacial score (nSPS) is 15.2. The summed E-state index contributed by atoms with van der Waals surface area (Å²) in [6, 6.07) is 9.47. The third-order valence-corrected chi connectivity index (χ3v) is 5.97. The predicted molar refractivity (Wildman–Crippen MR) is 135 cm³/mol. The van der Waals surface area contributed by atoms with Crippen molar-refractivity contribution in [1.82, 2.24) is 14.9 Å². The Bertz CT molecular complexity index is 1010. The lowest BCUT2D eigenvalue weighted by Crippen LogP contribution is -2.29. The van der Waals surface area contributed by atoms with Crippen LogP contribution >= 0.6 is 11.8 Å². The number of nitrogens with two attached hydrogens (primary N) is 1. The molecule has 1 amide bonds. The van der Waals surface area contributed by atoms with E-state index < -0.39 is 0 Å². The minimum absolute atomic E-state index is 0.0187. The van der Waals surface area contributed by atoms with Crippen LogP contribution in [-0.2, 0) is 4.79 Å². The van der Waals surface area contributed by atoms with E-state index in [0.717, 1.165) is 49.0 Å². The van der Waals surface area contributed by atoms with Crippen LogP contribution in [-0.4, -0.2) is 65.5 Å². The smallest absolute Gasteiger partial charge is 0.224 e. The fraction of sp³-hybridized carbons (Fsp3) is 0.435. The molecule has 0 unspecified atom stereocenters. The molecular formula is C23H32N8OS. The summed E-state index contributed by atoms with van der Waals surface area (Å²) in [6.07, 6.45) is 1.80. The Morgan fingerprint density at radius 2 is 1.97 bits per heavy atom. The van der Waals surface area contributed by atoms with Crippen LogP contribution in [0.25, 0.3) is 0 Å². The Morgan fingerprint density at radius 1 is 1.21 bits per heavy atom. The van der Waals surface area contributed by atoms with Gasteiger partial charge in [0, 0.05) is 54.8 Å². The van der Waals surface area contributed by atoms with Gasteiger partial charge in [-0.2, -0.15) is 0 Å². The molecule has 1 saturated heterocycles. The molecule has 0 atom stereocenters. The van der Waals surface area contributed by atoms with Gasteiger partial charge in [0.15, 0.2) is 11.0 Å². The summed E-state index contributed by atoms with van der Waals surface area (Å²) < 4.78 is 0. The topological polar surface area (TPSA) is 124 Å². The number of amidine groups is 1. The molecule has 1 aliphatic rings. The molecular weight excluding hydrogens is 436 g/mol. The van der Waals surface area contributed by atoms with Crippen LogP contribution in [0.15, 0.2) is 45.4 Å². The van der Waals surface area contributed by atoms with Gasteiger partial charge in [0.2, 0.25) is 5.91 Å². The minimum atomic E-state index is -0.0187. The second kappa shape index (κ2) is 11.8. The molecule has 3 rings (SSSR count). The van der Waals surface area contributed by atoms with Crippen molar-refractivity contribution in [2.45, 2.75) is 43.2 Å². The number of hydrogen-bond donors (Lipinski definition) is 3. The van der Waals surface area contributed by atoms with E-state index in [1.807, 2.05) is 37.3 Å². The van der Waals surface area contributed by atoms with E-state index in [0.29, 0.717) is 35.4 Å². The molecule has 33 heavy (non-hydrogen) atoms. The Balaban J connectivity index is 1.86. The van der Waals surface area contributed by atoms with Crippen molar-refractivity contribution in [3.8, 4) is 0 Å². The predicted octanol–water partition coefficient (Wildman–Crippen LogP) is 3.54. The van der Waals surface area contributed by atoms with Crippen LogP contribution < -0.4 is 16.0 Å². The molecule has 0 radical (unpaired) electrons. The standard InChI is InChI=1S/C23H32N8OS/c1-4-22(32)26-17-6-8-18(9-7-17)33-23-28-20(27-19(25)14-16(2)24)15-21(29-23)31-11-5-10-30(3)12-13-31/h6-9,15,24H,4-5,10-14H2,1-3H3,(H,26,32)(H2,25,27,28,29). The van der Waals surface area contributed by atoms with Gasteiger partial charge in [-0.15, -0.1) is 0 Å². The first-order valence-corrected chi connectivity index (χ1v) is 11.9. The quantitative estimate of drug-likeness (QED) is 0.307. The van der Waals surface area contributed by atoms with Gasteiger partial charge in [0.1, 0.15) is 11.7 Å². The second-order valence-corrected chi connectivity index (χ2v) is 9.14. The number of aromatic nitrogens is 2. The minimum Gasteiger partial charge on any atom is -0.387 e. The number of rotatable bonds is 8. The number of anilines is 2. The van der Waals surface area contributed by atoms with E-state index in [9.17, 15) is 4.79 Å². The van der Waals surface area contributed by atoms with Gasteiger partial charge in [-0.3, -0.25) is 4.79 Å². The molecule has 2 aromatic rings. The third-order valence-electron chi connectivity index (χ3n) is 5.09. The number of amides is 1. The second-order valence-electron chi connectivity index (χ2n) is 8.10. The summed E-state index contributed by atoms with van der Waals surface area (Å²) in [5, 5.41) is 11.1. The summed E-state index contributed by atoms with van der Waals surface area (Å²) in [6.45, 7) is 7.33. The Labute approximate surface area is 199 Å². The zero-order chi connectivity index (χ0) is 23.8. The van der Waals surface area contributed by atoms with Crippen LogP contribution in [0.2, 0.25) is 0 Å². The first-order valence-electron chi connectivity index (χ1n) is 11.1. The number of benzene rings is 1. The molecule has 1 aromatic heterocycles. The largest absolute Gasteiger partial charge is 0.387 e. The number of carbonyl (C=O) groups is 1. The number of nitrogens with zero attached hydrogens (tertiary/aromatic N) is 5. The van der Waals surface area contributed by atoms with E-state index in [1.54, 1.807) is 6.92 Å². The van der Waals surface area contributed by atoms with Gasteiger partial charge in [0.05, 0.1) is 0 Å². The number of carbonyl (C=O) groups excluding carboxylic acids is 1. The van der Waals surface area contributed by atoms with E-state index in [1.165, 1.54) is 11.8 Å². The van der Waals surface area contributed by atoms with E-state index in [2.05, 4.69) is 32.1 Å². The summed E-state index contributed by atoms with van der Waals surface area (Å²) in [5.74, 6) is 1.66. The van der Waals surface area contributed by atoms with Gasteiger partial charge in [0.25, 0.3) is 0 Å². The number of hydrogen-bond acceptors (Lipinski definition) is 8. The maximum atomic E-state index is 11.6. The first kappa shape index (κ1) is 24.7. The lowest BCUT2D eigenvalue weighted by atomic mass is 10.3.